The molecule has 2 aromatic rings. The smallest absolute Gasteiger partial charge is 0.416 e. The number of alkyl halides is 3. The standard InChI is InChI=1S/C17H14F3NO3/c1-11(22)16(21-23)13-5-7-15(8-6-13)24-10-12-3-2-4-14(9-12)17(18,19)20/h2-9,23H,10H2,1H3/b21-16-. The quantitative estimate of drug-likeness (QED) is 0.509. The number of nitrogens with zero attached hydrogens (tertiary/aromatic N) is 1. The minimum Gasteiger partial charge on any atom is -0.489 e. The summed E-state index contributed by atoms with van der Waals surface area (Å²) in [4.78, 5) is 11.3. The van der Waals surface area contributed by atoms with E-state index in [9.17, 15) is 18.0 Å². The molecule has 2 rings (SSSR count). The fraction of sp³-hybridized carbons (Fsp3) is 0.176. The van der Waals surface area contributed by atoms with Gasteiger partial charge in [-0.25, -0.2) is 0 Å². The molecule has 126 valence electrons. The highest BCUT2D eigenvalue weighted by Crippen LogP contribution is 2.29. The Hall–Kier alpha value is -2.83. The Bertz CT molecular complexity index is 752. The molecule has 0 fully saturated rings. The van der Waals surface area contributed by atoms with Gasteiger partial charge >= 0.3 is 6.18 Å². The summed E-state index contributed by atoms with van der Waals surface area (Å²) in [7, 11) is 0. The van der Waals surface area contributed by atoms with Crippen LogP contribution in [-0.4, -0.2) is 16.7 Å². The topological polar surface area (TPSA) is 58.9 Å². The first kappa shape index (κ1) is 17.5. The molecular weight excluding hydrogens is 323 g/mol. The normalized spacial score (nSPS) is 12.1. The first-order valence-electron chi connectivity index (χ1n) is 6.93. The lowest BCUT2D eigenvalue weighted by atomic mass is 10.1. The minimum absolute atomic E-state index is 0.0308. The maximum Gasteiger partial charge on any atom is 0.416 e. The summed E-state index contributed by atoms with van der Waals surface area (Å²) >= 11 is 0. The molecule has 0 saturated heterocycles. The Morgan fingerprint density at radius 1 is 1.17 bits per heavy atom. The van der Waals surface area contributed by atoms with Gasteiger partial charge in [-0.3, -0.25) is 4.79 Å². The fourth-order valence-corrected chi connectivity index (χ4v) is 2.04. The Kier molecular flexibility index (Phi) is 5.23. The summed E-state index contributed by atoms with van der Waals surface area (Å²) in [6.07, 6.45) is -4.40. The third-order valence-corrected chi connectivity index (χ3v) is 3.22. The van der Waals surface area contributed by atoms with Crippen molar-refractivity contribution < 1.29 is 27.9 Å². The molecule has 0 aliphatic heterocycles. The number of carbonyl (C=O) groups excluding carboxylic acids is 1. The maximum atomic E-state index is 12.7. The van der Waals surface area contributed by atoms with Crippen LogP contribution >= 0.6 is 0 Å². The van der Waals surface area contributed by atoms with E-state index in [1.165, 1.54) is 43.3 Å². The van der Waals surface area contributed by atoms with Gasteiger partial charge in [-0.2, -0.15) is 13.2 Å². The van der Waals surface area contributed by atoms with Crippen molar-refractivity contribution in [1.29, 1.82) is 0 Å². The van der Waals surface area contributed by atoms with Crippen molar-refractivity contribution in [2.45, 2.75) is 19.7 Å². The van der Waals surface area contributed by atoms with Crippen LogP contribution in [0.5, 0.6) is 5.75 Å². The molecule has 0 radical (unpaired) electrons. The third kappa shape index (κ3) is 4.34. The molecule has 2 aromatic carbocycles. The van der Waals surface area contributed by atoms with E-state index >= 15 is 0 Å². The Balaban J connectivity index is 2.07. The van der Waals surface area contributed by atoms with E-state index in [0.717, 1.165) is 12.1 Å². The van der Waals surface area contributed by atoms with Crippen LogP contribution < -0.4 is 4.74 Å². The van der Waals surface area contributed by atoms with Crippen LogP contribution in [0.1, 0.15) is 23.6 Å². The van der Waals surface area contributed by atoms with Gasteiger partial charge in [0.2, 0.25) is 0 Å². The predicted molar refractivity (Wildman–Crippen MR) is 81.2 cm³/mol. The molecule has 1 N–H and O–H groups in total. The van der Waals surface area contributed by atoms with Crippen molar-refractivity contribution in [2.24, 2.45) is 5.16 Å². The molecule has 0 aliphatic rings. The number of carbonyl (C=O) groups is 1. The van der Waals surface area contributed by atoms with Gasteiger partial charge in [0.15, 0.2) is 11.5 Å². The highest BCUT2D eigenvalue weighted by molar-refractivity contribution is 6.45. The minimum atomic E-state index is -4.40. The molecule has 0 bridgehead atoms. The average Bonchev–Trinajstić information content (AvgIpc) is 2.54. The maximum absolute atomic E-state index is 12.7. The summed E-state index contributed by atoms with van der Waals surface area (Å²) in [5.74, 6) is 0.0205. The molecule has 0 aliphatic carbocycles. The Labute approximate surface area is 136 Å². The number of oxime groups is 1. The van der Waals surface area contributed by atoms with Crippen molar-refractivity contribution in [3.8, 4) is 5.75 Å². The molecule has 0 aromatic heterocycles. The van der Waals surface area contributed by atoms with Crippen LogP contribution in [-0.2, 0) is 17.6 Å². The zero-order chi connectivity index (χ0) is 17.7. The zero-order valence-corrected chi connectivity index (χ0v) is 12.7. The van der Waals surface area contributed by atoms with Gasteiger partial charge < -0.3 is 9.94 Å². The Morgan fingerprint density at radius 2 is 1.83 bits per heavy atom. The second-order valence-electron chi connectivity index (χ2n) is 5.02. The van der Waals surface area contributed by atoms with Gasteiger partial charge in [0.05, 0.1) is 5.56 Å². The fourth-order valence-electron chi connectivity index (χ4n) is 2.04. The van der Waals surface area contributed by atoms with Gasteiger partial charge in [0.1, 0.15) is 12.4 Å². The first-order valence-corrected chi connectivity index (χ1v) is 6.93. The van der Waals surface area contributed by atoms with Crippen LogP contribution in [0.25, 0.3) is 0 Å². The van der Waals surface area contributed by atoms with E-state index in [0.29, 0.717) is 16.9 Å². The summed E-state index contributed by atoms with van der Waals surface area (Å²) < 4.78 is 43.4. The molecule has 24 heavy (non-hydrogen) atoms. The molecule has 0 atom stereocenters. The number of Topliss-reactive ketones (excluding diaryl/α,β-unsaturated/α-hetero) is 1. The Morgan fingerprint density at radius 3 is 2.38 bits per heavy atom. The van der Waals surface area contributed by atoms with Crippen LogP contribution in [0.3, 0.4) is 0 Å². The monoisotopic (exact) mass is 337 g/mol. The third-order valence-electron chi connectivity index (χ3n) is 3.22. The van der Waals surface area contributed by atoms with Gasteiger partial charge in [-0.15, -0.1) is 0 Å². The molecule has 0 heterocycles. The van der Waals surface area contributed by atoms with Crippen molar-refractivity contribution in [3.63, 3.8) is 0 Å². The van der Waals surface area contributed by atoms with E-state index < -0.39 is 17.5 Å². The molecule has 0 spiro atoms. The lowest BCUT2D eigenvalue weighted by molar-refractivity contribution is -0.137. The largest absolute Gasteiger partial charge is 0.489 e. The molecule has 7 heteroatoms. The first-order chi connectivity index (χ1) is 11.3. The summed E-state index contributed by atoms with van der Waals surface area (Å²) in [5, 5.41) is 11.7. The van der Waals surface area contributed by atoms with Gasteiger partial charge in [0, 0.05) is 12.5 Å². The van der Waals surface area contributed by atoms with Crippen molar-refractivity contribution in [3.05, 3.63) is 65.2 Å². The van der Waals surface area contributed by atoms with Crippen LogP contribution in [0.4, 0.5) is 13.2 Å². The van der Waals surface area contributed by atoms with Crippen molar-refractivity contribution in [2.75, 3.05) is 0 Å². The van der Waals surface area contributed by atoms with Crippen LogP contribution in [0.2, 0.25) is 0 Å². The number of benzene rings is 2. The van der Waals surface area contributed by atoms with Crippen molar-refractivity contribution in [1.82, 2.24) is 0 Å². The number of rotatable bonds is 5. The molecule has 4 nitrogen and oxygen atoms in total. The predicted octanol–water partition coefficient (Wildman–Crippen LogP) is 4.05. The number of halogens is 3. The van der Waals surface area contributed by atoms with E-state index in [4.69, 9.17) is 9.94 Å². The molecular formula is C17H14F3NO3. The SMILES string of the molecule is CC(=O)/C(=N/O)c1ccc(OCc2cccc(C(F)(F)F)c2)cc1. The highest BCUT2D eigenvalue weighted by Gasteiger charge is 2.30. The van der Waals surface area contributed by atoms with E-state index in [1.54, 1.807) is 0 Å². The van der Waals surface area contributed by atoms with Gasteiger partial charge in [0.25, 0.3) is 0 Å². The van der Waals surface area contributed by atoms with Gasteiger partial charge in [-0.1, -0.05) is 17.3 Å². The van der Waals surface area contributed by atoms with E-state index in [-0.39, 0.29) is 12.3 Å². The molecule has 0 amide bonds. The van der Waals surface area contributed by atoms with Crippen molar-refractivity contribution >= 4 is 11.5 Å². The van der Waals surface area contributed by atoms with E-state index in [2.05, 4.69) is 5.16 Å². The summed E-state index contributed by atoms with van der Waals surface area (Å²) in [5.41, 5.74) is -0.0182. The lowest BCUT2D eigenvalue weighted by Gasteiger charge is -2.10. The van der Waals surface area contributed by atoms with E-state index in [1.807, 2.05) is 0 Å². The second kappa shape index (κ2) is 7.16. The molecule has 0 saturated carbocycles. The van der Waals surface area contributed by atoms with Crippen LogP contribution in [0.15, 0.2) is 53.7 Å². The zero-order valence-electron chi connectivity index (χ0n) is 12.7. The average molecular weight is 337 g/mol. The second-order valence-corrected chi connectivity index (χ2v) is 5.02. The number of ketones is 1. The lowest BCUT2D eigenvalue weighted by Crippen LogP contribution is -2.11. The summed E-state index contributed by atoms with van der Waals surface area (Å²) in [6, 6.07) is 11.0. The molecule has 0 unspecified atom stereocenters. The van der Waals surface area contributed by atoms with Gasteiger partial charge in [-0.05, 0) is 42.0 Å². The number of hydrogen-bond donors (Lipinski definition) is 1. The summed E-state index contributed by atoms with van der Waals surface area (Å²) in [6.45, 7) is 1.24. The number of ether oxygens (including phenoxy) is 1. The highest BCUT2D eigenvalue weighted by atomic mass is 19.4. The number of hydrogen-bond acceptors (Lipinski definition) is 4. The van der Waals surface area contributed by atoms with Crippen LogP contribution in [0, 0.1) is 0 Å².